The van der Waals surface area contributed by atoms with Crippen molar-refractivity contribution >= 4 is 17.5 Å². The van der Waals surface area contributed by atoms with Crippen LogP contribution in [0.1, 0.15) is 6.92 Å². The first-order valence-electron chi connectivity index (χ1n) is 8.34. The van der Waals surface area contributed by atoms with Gasteiger partial charge in [0, 0.05) is 5.69 Å². The fourth-order valence-electron chi connectivity index (χ4n) is 2.44. The maximum absolute atomic E-state index is 12.2. The third-order valence-electron chi connectivity index (χ3n) is 3.67. The highest BCUT2D eigenvalue weighted by molar-refractivity contribution is 5.95. The number of ether oxygens (including phenoxy) is 3. The Bertz CT molecular complexity index is 776. The molecular formula is C19H20N2O5. The van der Waals surface area contributed by atoms with Gasteiger partial charge in [-0.1, -0.05) is 12.1 Å². The zero-order valence-electron chi connectivity index (χ0n) is 14.4. The molecule has 0 saturated heterocycles. The number of nitrogens with one attached hydrogen (secondary N) is 2. The first kappa shape index (κ1) is 17.6. The van der Waals surface area contributed by atoms with E-state index in [1.54, 1.807) is 42.5 Å². The van der Waals surface area contributed by atoms with E-state index in [-0.39, 0.29) is 19.1 Å². The van der Waals surface area contributed by atoms with Gasteiger partial charge in [0.2, 0.25) is 12.0 Å². The molecule has 0 radical (unpaired) electrons. The molecule has 2 aromatic carbocycles. The number of hydrogen-bond donors (Lipinski definition) is 2. The molecule has 0 spiro atoms. The van der Waals surface area contributed by atoms with Crippen LogP contribution in [-0.2, 0) is 9.59 Å². The minimum atomic E-state index is -0.789. The molecule has 2 aromatic rings. The van der Waals surface area contributed by atoms with Gasteiger partial charge in [-0.15, -0.1) is 0 Å². The third-order valence-corrected chi connectivity index (χ3v) is 3.67. The Hall–Kier alpha value is -3.22. The van der Waals surface area contributed by atoms with Crippen LogP contribution in [0.25, 0.3) is 0 Å². The number of carbonyl (C=O) groups is 2. The molecule has 1 heterocycles. The number of hydrogen-bond acceptors (Lipinski definition) is 5. The van der Waals surface area contributed by atoms with Crippen molar-refractivity contribution in [2.45, 2.75) is 13.0 Å². The molecule has 1 unspecified atom stereocenters. The zero-order valence-corrected chi connectivity index (χ0v) is 14.4. The molecule has 0 bridgehead atoms. The lowest BCUT2D eigenvalue weighted by molar-refractivity contribution is -0.131. The van der Waals surface area contributed by atoms with Gasteiger partial charge in [-0.05, 0) is 43.3 Å². The van der Waals surface area contributed by atoms with Gasteiger partial charge in [0.05, 0.1) is 13.2 Å². The molecule has 7 heteroatoms. The lowest BCUT2D eigenvalue weighted by Gasteiger charge is -2.25. The summed E-state index contributed by atoms with van der Waals surface area (Å²) in [4.78, 5) is 24.1. The number of benzene rings is 2. The van der Waals surface area contributed by atoms with Crippen molar-refractivity contribution in [2.75, 3.05) is 25.1 Å². The Morgan fingerprint density at radius 3 is 2.58 bits per heavy atom. The lowest BCUT2D eigenvalue weighted by atomic mass is 10.2. The molecule has 2 amide bonds. The van der Waals surface area contributed by atoms with E-state index in [1.807, 2.05) is 13.0 Å². The maximum atomic E-state index is 12.2. The van der Waals surface area contributed by atoms with Gasteiger partial charge >= 0.3 is 0 Å². The Morgan fingerprint density at radius 2 is 1.85 bits per heavy atom. The quantitative estimate of drug-likeness (QED) is 0.827. The summed E-state index contributed by atoms with van der Waals surface area (Å²) in [7, 11) is 0. The van der Waals surface area contributed by atoms with E-state index < -0.39 is 12.0 Å². The van der Waals surface area contributed by atoms with E-state index in [0.29, 0.717) is 23.8 Å². The summed E-state index contributed by atoms with van der Waals surface area (Å²) >= 11 is 0. The van der Waals surface area contributed by atoms with Crippen molar-refractivity contribution in [3.05, 3.63) is 48.5 Å². The molecule has 3 rings (SSSR count). The summed E-state index contributed by atoms with van der Waals surface area (Å²) in [5, 5.41) is 5.26. The van der Waals surface area contributed by atoms with Crippen molar-refractivity contribution < 1.29 is 23.8 Å². The second-order valence-electron chi connectivity index (χ2n) is 5.59. The normalized spacial score (nSPS) is 15.0. The topological polar surface area (TPSA) is 85.9 Å². The van der Waals surface area contributed by atoms with Crippen molar-refractivity contribution in [3.8, 4) is 17.2 Å². The van der Waals surface area contributed by atoms with Crippen LogP contribution in [0, 0.1) is 0 Å². The average molecular weight is 356 g/mol. The average Bonchev–Trinajstić information content (AvgIpc) is 2.67. The van der Waals surface area contributed by atoms with Gasteiger partial charge in [-0.2, -0.15) is 0 Å². The van der Waals surface area contributed by atoms with E-state index in [1.165, 1.54) is 0 Å². The van der Waals surface area contributed by atoms with E-state index in [2.05, 4.69) is 10.6 Å². The van der Waals surface area contributed by atoms with Crippen molar-refractivity contribution in [1.29, 1.82) is 0 Å². The van der Waals surface area contributed by atoms with E-state index in [9.17, 15) is 9.59 Å². The number of para-hydroxylation sites is 2. The van der Waals surface area contributed by atoms with Gasteiger partial charge in [0.15, 0.2) is 11.5 Å². The Balaban J connectivity index is 1.46. The molecule has 1 aliphatic rings. The van der Waals surface area contributed by atoms with Gasteiger partial charge in [-0.25, -0.2) is 0 Å². The van der Waals surface area contributed by atoms with Gasteiger partial charge in [0.1, 0.15) is 12.4 Å². The van der Waals surface area contributed by atoms with Crippen LogP contribution in [0.4, 0.5) is 5.69 Å². The number of anilines is 1. The summed E-state index contributed by atoms with van der Waals surface area (Å²) in [6, 6.07) is 14.1. The zero-order chi connectivity index (χ0) is 18.4. The summed E-state index contributed by atoms with van der Waals surface area (Å²) in [6.45, 7) is 2.42. The minimum Gasteiger partial charge on any atom is -0.494 e. The summed E-state index contributed by atoms with van der Waals surface area (Å²) in [5.41, 5.74) is 0.624. The summed E-state index contributed by atoms with van der Waals surface area (Å²) < 4.78 is 16.4. The van der Waals surface area contributed by atoms with Crippen molar-refractivity contribution in [3.63, 3.8) is 0 Å². The van der Waals surface area contributed by atoms with Crippen molar-refractivity contribution in [2.24, 2.45) is 0 Å². The fraction of sp³-hybridized carbons (Fsp3) is 0.263. The Labute approximate surface area is 151 Å². The van der Waals surface area contributed by atoms with Crippen LogP contribution in [-0.4, -0.2) is 37.7 Å². The van der Waals surface area contributed by atoms with Crippen LogP contribution in [0.5, 0.6) is 17.2 Å². The Morgan fingerprint density at radius 1 is 1.12 bits per heavy atom. The smallest absolute Gasteiger partial charge is 0.265 e. The van der Waals surface area contributed by atoms with Crippen LogP contribution >= 0.6 is 0 Å². The van der Waals surface area contributed by atoms with Crippen molar-refractivity contribution in [1.82, 2.24) is 5.32 Å². The number of amides is 2. The van der Waals surface area contributed by atoms with Crippen LogP contribution in [0.2, 0.25) is 0 Å². The molecule has 0 aliphatic carbocycles. The Kier molecular flexibility index (Phi) is 5.58. The van der Waals surface area contributed by atoms with E-state index in [0.717, 1.165) is 5.75 Å². The van der Waals surface area contributed by atoms with Gasteiger partial charge in [-0.3, -0.25) is 9.59 Å². The predicted octanol–water partition coefficient (Wildman–Crippen LogP) is 1.98. The lowest BCUT2D eigenvalue weighted by Crippen LogP contribution is -2.46. The molecule has 1 atom stereocenters. The summed E-state index contributed by atoms with van der Waals surface area (Å²) in [6.07, 6.45) is -0.789. The molecule has 136 valence electrons. The number of rotatable bonds is 6. The highest BCUT2D eigenvalue weighted by Gasteiger charge is 2.27. The van der Waals surface area contributed by atoms with Crippen LogP contribution in [0.3, 0.4) is 0 Å². The first-order chi connectivity index (χ1) is 12.7. The highest BCUT2D eigenvalue weighted by Crippen LogP contribution is 2.30. The maximum Gasteiger partial charge on any atom is 0.265 e. The van der Waals surface area contributed by atoms with Gasteiger partial charge in [0.25, 0.3) is 5.91 Å². The van der Waals surface area contributed by atoms with E-state index >= 15 is 0 Å². The second kappa shape index (κ2) is 8.24. The molecular weight excluding hydrogens is 336 g/mol. The predicted molar refractivity (Wildman–Crippen MR) is 95.6 cm³/mol. The minimum absolute atomic E-state index is 0.101. The molecule has 0 aromatic heterocycles. The first-order valence-corrected chi connectivity index (χ1v) is 8.34. The van der Waals surface area contributed by atoms with Gasteiger partial charge < -0.3 is 24.8 Å². The number of carbonyl (C=O) groups excluding carboxylic acids is 2. The fourth-order valence-corrected chi connectivity index (χ4v) is 2.44. The third kappa shape index (κ3) is 4.44. The second-order valence-corrected chi connectivity index (χ2v) is 5.59. The molecule has 0 fully saturated rings. The van der Waals surface area contributed by atoms with E-state index in [4.69, 9.17) is 14.2 Å². The monoisotopic (exact) mass is 356 g/mol. The van der Waals surface area contributed by atoms with Crippen LogP contribution < -0.4 is 24.8 Å². The molecule has 26 heavy (non-hydrogen) atoms. The molecule has 1 aliphatic heterocycles. The SMILES string of the molecule is CCOc1ccc(NC(=O)CNC(=O)C2COc3ccccc3O2)cc1. The molecule has 2 N–H and O–H groups in total. The van der Waals surface area contributed by atoms with Crippen LogP contribution in [0.15, 0.2) is 48.5 Å². The largest absolute Gasteiger partial charge is 0.494 e. The highest BCUT2D eigenvalue weighted by atomic mass is 16.6. The molecule has 0 saturated carbocycles. The summed E-state index contributed by atoms with van der Waals surface area (Å²) in [5.74, 6) is 1.11. The number of fused-ring (bicyclic) bond motifs is 1. The standard InChI is InChI=1S/C19H20N2O5/c1-2-24-14-9-7-13(8-10-14)21-18(22)11-20-19(23)17-12-25-15-5-3-4-6-16(15)26-17/h3-10,17H,2,11-12H2,1H3,(H,20,23)(H,21,22). The molecule has 7 nitrogen and oxygen atoms in total.